The largest absolute Gasteiger partial charge is 0.447 e. The highest BCUT2D eigenvalue weighted by molar-refractivity contribution is 5.87. The molecule has 1 aromatic rings. The Labute approximate surface area is 112 Å². The van der Waals surface area contributed by atoms with E-state index in [0.717, 1.165) is 25.2 Å². The Bertz CT molecular complexity index is 462. The Morgan fingerprint density at radius 3 is 2.84 bits per heavy atom. The quantitative estimate of drug-likeness (QED) is 0.802. The number of likely N-dealkylation sites (N-methyl/N-ethyl adjacent to an activating group) is 1. The van der Waals surface area contributed by atoms with Crippen LogP contribution in [0, 0.1) is 0 Å². The maximum Gasteiger partial charge on any atom is 0.415 e. The van der Waals surface area contributed by atoms with Crippen molar-refractivity contribution in [1.82, 2.24) is 14.9 Å². The molecule has 2 aliphatic heterocycles. The monoisotopic (exact) mass is 262 g/mol. The first-order valence-corrected chi connectivity index (χ1v) is 6.69. The topological polar surface area (TPSA) is 58.6 Å². The van der Waals surface area contributed by atoms with Crippen molar-refractivity contribution in [3.63, 3.8) is 0 Å². The molecule has 2 aliphatic rings. The second kappa shape index (κ2) is 5.13. The predicted octanol–water partition coefficient (Wildman–Crippen LogP) is 1.24. The zero-order valence-electron chi connectivity index (χ0n) is 11.1. The number of nitrogens with zero attached hydrogens (tertiary/aromatic N) is 4. The highest BCUT2D eigenvalue weighted by Crippen LogP contribution is 2.25. The number of cyclic esters (lactones) is 1. The van der Waals surface area contributed by atoms with E-state index in [1.54, 1.807) is 12.4 Å². The van der Waals surface area contributed by atoms with Crippen molar-refractivity contribution in [2.75, 3.05) is 38.2 Å². The van der Waals surface area contributed by atoms with Crippen LogP contribution >= 0.6 is 0 Å². The van der Waals surface area contributed by atoms with E-state index in [1.165, 1.54) is 11.3 Å². The van der Waals surface area contributed by atoms with E-state index < -0.39 is 0 Å². The Kier molecular flexibility index (Phi) is 3.33. The molecule has 2 fully saturated rings. The maximum absolute atomic E-state index is 11.4. The number of carbonyl (C=O) groups excluding carboxylic acids is 1. The molecule has 1 amide bonds. The van der Waals surface area contributed by atoms with Crippen LogP contribution in [0.3, 0.4) is 0 Å². The molecule has 6 heteroatoms. The van der Waals surface area contributed by atoms with Gasteiger partial charge in [-0.25, -0.2) is 9.78 Å². The first-order valence-electron chi connectivity index (χ1n) is 6.69. The van der Waals surface area contributed by atoms with Gasteiger partial charge in [0, 0.05) is 12.5 Å². The molecule has 3 heterocycles. The lowest BCUT2D eigenvalue weighted by Crippen LogP contribution is -2.31. The molecule has 0 aromatic carbocycles. The molecule has 0 bridgehead atoms. The number of aromatic nitrogens is 2. The Balaban J connectivity index is 1.73. The van der Waals surface area contributed by atoms with E-state index in [-0.39, 0.29) is 6.09 Å². The average molecular weight is 262 g/mol. The van der Waals surface area contributed by atoms with Crippen molar-refractivity contribution in [1.29, 1.82) is 0 Å². The Morgan fingerprint density at radius 2 is 2.21 bits per heavy atom. The third kappa shape index (κ3) is 2.53. The molecule has 1 aromatic heterocycles. The van der Waals surface area contributed by atoms with Gasteiger partial charge < -0.3 is 9.64 Å². The van der Waals surface area contributed by atoms with Crippen LogP contribution in [0.2, 0.25) is 0 Å². The van der Waals surface area contributed by atoms with Crippen molar-refractivity contribution in [2.24, 2.45) is 0 Å². The summed E-state index contributed by atoms with van der Waals surface area (Å²) in [5, 5.41) is 0. The molecule has 2 saturated heterocycles. The number of hydrogen-bond donors (Lipinski definition) is 0. The predicted molar refractivity (Wildman–Crippen MR) is 70.2 cm³/mol. The fourth-order valence-electron chi connectivity index (χ4n) is 2.69. The number of carbonyl (C=O) groups is 1. The third-order valence-corrected chi connectivity index (χ3v) is 3.74. The molecule has 3 rings (SSSR count). The van der Waals surface area contributed by atoms with Crippen LogP contribution in [-0.4, -0.2) is 54.2 Å². The van der Waals surface area contributed by atoms with Gasteiger partial charge in [-0.1, -0.05) is 0 Å². The van der Waals surface area contributed by atoms with Gasteiger partial charge in [0.2, 0.25) is 0 Å². The van der Waals surface area contributed by atoms with Crippen molar-refractivity contribution in [3.05, 3.63) is 18.1 Å². The molecule has 0 saturated carbocycles. The van der Waals surface area contributed by atoms with E-state index in [2.05, 4.69) is 21.9 Å². The fraction of sp³-hybridized carbons (Fsp3) is 0.615. The number of amides is 1. The average Bonchev–Trinajstić information content (AvgIpc) is 2.85. The number of hydrogen-bond acceptors (Lipinski definition) is 5. The van der Waals surface area contributed by atoms with Gasteiger partial charge >= 0.3 is 6.09 Å². The minimum atomic E-state index is -0.334. The van der Waals surface area contributed by atoms with Crippen LogP contribution in [0.1, 0.15) is 24.5 Å². The van der Waals surface area contributed by atoms with Crippen molar-refractivity contribution in [3.8, 4) is 0 Å². The molecule has 0 radical (unpaired) electrons. The lowest BCUT2D eigenvalue weighted by molar-refractivity contribution is 0.181. The van der Waals surface area contributed by atoms with E-state index in [4.69, 9.17) is 4.74 Å². The molecule has 6 nitrogen and oxygen atoms in total. The van der Waals surface area contributed by atoms with Gasteiger partial charge in [-0.3, -0.25) is 9.88 Å². The van der Waals surface area contributed by atoms with Crippen LogP contribution in [0.15, 0.2) is 12.4 Å². The normalized spacial score (nSPS) is 24.6. The van der Waals surface area contributed by atoms with E-state index in [9.17, 15) is 4.79 Å². The van der Waals surface area contributed by atoms with Crippen LogP contribution in [0.25, 0.3) is 0 Å². The number of anilines is 1. The first kappa shape index (κ1) is 12.3. The molecule has 0 spiro atoms. The van der Waals surface area contributed by atoms with Gasteiger partial charge in [-0.15, -0.1) is 0 Å². The standard InChI is InChI=1S/C13H18N4O2/c1-16-4-2-3-10(9-16)11-7-15-12(8-14-11)17-5-6-19-13(17)18/h7-8,10H,2-6,9H2,1H3. The first-order chi connectivity index (χ1) is 9.24. The number of ether oxygens (including phenoxy) is 1. The van der Waals surface area contributed by atoms with Crippen LogP contribution in [0.4, 0.5) is 10.6 Å². The molecule has 0 N–H and O–H groups in total. The molecule has 0 aliphatic carbocycles. The van der Waals surface area contributed by atoms with Crippen LogP contribution in [0.5, 0.6) is 0 Å². The SMILES string of the molecule is CN1CCCC(c2cnc(N3CCOC3=O)cn2)C1. The molecule has 1 unspecified atom stereocenters. The number of rotatable bonds is 2. The van der Waals surface area contributed by atoms with Gasteiger partial charge in [-0.2, -0.15) is 0 Å². The summed E-state index contributed by atoms with van der Waals surface area (Å²) >= 11 is 0. The van der Waals surface area contributed by atoms with Gasteiger partial charge in [-0.05, 0) is 26.4 Å². The molecule has 102 valence electrons. The molecular formula is C13H18N4O2. The van der Waals surface area contributed by atoms with Crippen LogP contribution < -0.4 is 4.90 Å². The van der Waals surface area contributed by atoms with Gasteiger partial charge in [0.05, 0.1) is 24.6 Å². The summed E-state index contributed by atoms with van der Waals surface area (Å²) in [5.74, 6) is 1.03. The minimum Gasteiger partial charge on any atom is -0.447 e. The fourth-order valence-corrected chi connectivity index (χ4v) is 2.69. The molecular weight excluding hydrogens is 244 g/mol. The zero-order chi connectivity index (χ0) is 13.2. The van der Waals surface area contributed by atoms with Crippen molar-refractivity contribution >= 4 is 11.9 Å². The summed E-state index contributed by atoms with van der Waals surface area (Å²) < 4.78 is 4.89. The number of likely N-dealkylation sites (tertiary alicyclic amines) is 1. The van der Waals surface area contributed by atoms with E-state index in [1.807, 2.05) is 0 Å². The summed E-state index contributed by atoms with van der Waals surface area (Å²) in [6.45, 7) is 3.16. The maximum atomic E-state index is 11.4. The highest BCUT2D eigenvalue weighted by Gasteiger charge is 2.26. The zero-order valence-corrected chi connectivity index (χ0v) is 11.1. The number of piperidine rings is 1. The summed E-state index contributed by atoms with van der Waals surface area (Å²) in [6, 6.07) is 0. The lowest BCUT2D eigenvalue weighted by Gasteiger charge is -2.29. The van der Waals surface area contributed by atoms with Gasteiger partial charge in [0.25, 0.3) is 0 Å². The lowest BCUT2D eigenvalue weighted by atomic mass is 9.95. The second-order valence-electron chi connectivity index (χ2n) is 5.17. The summed E-state index contributed by atoms with van der Waals surface area (Å²) in [5.41, 5.74) is 1.02. The van der Waals surface area contributed by atoms with Crippen molar-refractivity contribution < 1.29 is 9.53 Å². The van der Waals surface area contributed by atoms with Gasteiger partial charge in [0.1, 0.15) is 6.61 Å². The minimum absolute atomic E-state index is 0.334. The van der Waals surface area contributed by atoms with E-state index >= 15 is 0 Å². The van der Waals surface area contributed by atoms with Crippen LogP contribution in [-0.2, 0) is 4.74 Å². The summed E-state index contributed by atoms with van der Waals surface area (Å²) in [4.78, 5) is 24.1. The Hall–Kier alpha value is -1.69. The highest BCUT2D eigenvalue weighted by atomic mass is 16.6. The smallest absolute Gasteiger partial charge is 0.415 e. The molecule has 1 atom stereocenters. The summed E-state index contributed by atoms with van der Waals surface area (Å²) in [7, 11) is 2.13. The van der Waals surface area contributed by atoms with Crippen molar-refractivity contribution in [2.45, 2.75) is 18.8 Å². The second-order valence-corrected chi connectivity index (χ2v) is 5.17. The third-order valence-electron chi connectivity index (χ3n) is 3.74. The van der Waals surface area contributed by atoms with E-state index in [0.29, 0.717) is 24.9 Å². The van der Waals surface area contributed by atoms with Gasteiger partial charge in [0.15, 0.2) is 5.82 Å². The summed E-state index contributed by atoms with van der Waals surface area (Å²) in [6.07, 6.45) is 5.49. The molecule has 19 heavy (non-hydrogen) atoms. The Morgan fingerprint density at radius 1 is 1.32 bits per heavy atom.